The number of carbonyl (C=O) groups excluding carboxylic acids is 1. The highest BCUT2D eigenvalue weighted by molar-refractivity contribution is 6.62. The highest BCUT2D eigenvalue weighted by atomic mass is 16.7. The van der Waals surface area contributed by atoms with Crippen LogP contribution >= 0.6 is 0 Å². The Morgan fingerprint density at radius 2 is 1.64 bits per heavy atom. The van der Waals surface area contributed by atoms with Gasteiger partial charge >= 0.3 is 13.2 Å². The Hall–Kier alpha value is -1.60. The number of hydrogen-bond donors (Lipinski definition) is 1. The van der Waals surface area contributed by atoms with Crippen LogP contribution in [0.3, 0.4) is 0 Å². The van der Waals surface area contributed by atoms with Gasteiger partial charge in [-0.15, -0.1) is 0 Å². The SMILES string of the molecule is CC.CC(C)(C)OC(=O)Nc1cncc(B2OC(C)(C)C(C)(C)O2)c1. The molecule has 6 nitrogen and oxygen atoms in total. The van der Waals surface area contributed by atoms with Gasteiger partial charge in [0.1, 0.15) is 5.60 Å². The van der Waals surface area contributed by atoms with Gasteiger partial charge in [0.15, 0.2) is 0 Å². The lowest BCUT2D eigenvalue weighted by Gasteiger charge is -2.32. The quantitative estimate of drug-likeness (QED) is 0.823. The summed E-state index contributed by atoms with van der Waals surface area (Å²) < 4.78 is 17.2. The first-order valence-electron chi connectivity index (χ1n) is 8.70. The number of carbonyl (C=O) groups is 1. The first-order valence-corrected chi connectivity index (χ1v) is 8.70. The predicted octanol–water partition coefficient (Wildman–Crippen LogP) is 3.75. The molecule has 0 bridgehead atoms. The fourth-order valence-corrected chi connectivity index (χ4v) is 2.06. The third-order valence-electron chi connectivity index (χ3n) is 3.93. The van der Waals surface area contributed by atoms with E-state index in [1.54, 1.807) is 18.5 Å². The minimum absolute atomic E-state index is 0.424. The Kier molecular flexibility index (Phi) is 6.64. The monoisotopic (exact) mass is 350 g/mol. The van der Waals surface area contributed by atoms with E-state index in [1.165, 1.54) is 0 Å². The normalized spacial score (nSPS) is 18.2. The van der Waals surface area contributed by atoms with Gasteiger partial charge in [0.05, 0.1) is 23.1 Å². The summed E-state index contributed by atoms with van der Waals surface area (Å²) in [5.74, 6) is 0. The summed E-state index contributed by atoms with van der Waals surface area (Å²) in [6.07, 6.45) is 2.70. The van der Waals surface area contributed by atoms with Crippen LogP contribution in [0.5, 0.6) is 0 Å². The number of anilines is 1. The maximum Gasteiger partial charge on any atom is 0.496 e. The third-order valence-corrected chi connectivity index (χ3v) is 3.93. The second-order valence-corrected chi connectivity index (χ2v) is 7.72. The van der Waals surface area contributed by atoms with Gasteiger partial charge in [-0.3, -0.25) is 10.3 Å². The number of nitrogens with zero attached hydrogens (tertiary/aromatic N) is 1. The molecule has 25 heavy (non-hydrogen) atoms. The smallest absolute Gasteiger partial charge is 0.444 e. The molecule has 1 aliphatic heterocycles. The van der Waals surface area contributed by atoms with Crippen LogP contribution in [0.25, 0.3) is 0 Å². The lowest BCUT2D eigenvalue weighted by Crippen LogP contribution is -2.41. The van der Waals surface area contributed by atoms with Crippen LogP contribution in [0.4, 0.5) is 10.5 Å². The molecular formula is C18H31BN2O4. The number of ether oxygens (including phenoxy) is 1. The Morgan fingerprint density at radius 1 is 1.12 bits per heavy atom. The minimum atomic E-state index is -0.555. The van der Waals surface area contributed by atoms with Gasteiger partial charge < -0.3 is 14.0 Å². The van der Waals surface area contributed by atoms with Crippen molar-refractivity contribution in [3.8, 4) is 0 Å². The van der Waals surface area contributed by atoms with Gasteiger partial charge in [0.2, 0.25) is 0 Å². The lowest BCUT2D eigenvalue weighted by atomic mass is 9.80. The van der Waals surface area contributed by atoms with Gasteiger partial charge in [-0.2, -0.15) is 0 Å². The number of amides is 1. The molecule has 0 radical (unpaired) electrons. The van der Waals surface area contributed by atoms with Gasteiger partial charge in [0.25, 0.3) is 0 Å². The van der Waals surface area contributed by atoms with Crippen LogP contribution in [0.15, 0.2) is 18.5 Å². The van der Waals surface area contributed by atoms with Crippen LogP contribution in [0.2, 0.25) is 0 Å². The molecule has 1 amide bonds. The zero-order chi connectivity index (χ0) is 19.5. The maximum absolute atomic E-state index is 11.8. The Balaban J connectivity index is 0.00000151. The van der Waals surface area contributed by atoms with E-state index < -0.39 is 30.0 Å². The van der Waals surface area contributed by atoms with Crippen molar-refractivity contribution in [2.24, 2.45) is 0 Å². The summed E-state index contributed by atoms with van der Waals surface area (Å²) in [5, 5.41) is 2.67. The molecule has 0 aromatic carbocycles. The summed E-state index contributed by atoms with van der Waals surface area (Å²) in [4.78, 5) is 16.0. The van der Waals surface area contributed by atoms with E-state index in [1.807, 2.05) is 62.3 Å². The molecule has 140 valence electrons. The third kappa shape index (κ3) is 5.71. The van der Waals surface area contributed by atoms with E-state index in [9.17, 15) is 4.79 Å². The molecule has 1 aliphatic rings. The first-order chi connectivity index (χ1) is 11.4. The molecule has 0 aliphatic carbocycles. The van der Waals surface area contributed by atoms with E-state index in [0.717, 1.165) is 5.46 Å². The van der Waals surface area contributed by atoms with Crippen molar-refractivity contribution in [3.63, 3.8) is 0 Å². The van der Waals surface area contributed by atoms with Crippen LogP contribution in [0.1, 0.15) is 62.3 Å². The number of nitrogens with one attached hydrogen (secondary N) is 1. The van der Waals surface area contributed by atoms with Gasteiger partial charge in [0, 0.05) is 11.7 Å². The van der Waals surface area contributed by atoms with Gasteiger partial charge in [-0.1, -0.05) is 13.8 Å². The number of pyridine rings is 1. The minimum Gasteiger partial charge on any atom is -0.444 e. The summed E-state index contributed by atoms with van der Waals surface area (Å²) in [7, 11) is -0.520. The topological polar surface area (TPSA) is 69.7 Å². The predicted molar refractivity (Wildman–Crippen MR) is 101 cm³/mol. The van der Waals surface area contributed by atoms with E-state index in [0.29, 0.717) is 5.69 Å². The fourth-order valence-electron chi connectivity index (χ4n) is 2.06. The molecule has 1 aromatic heterocycles. The summed E-state index contributed by atoms with van der Waals surface area (Å²) in [6, 6.07) is 1.78. The maximum atomic E-state index is 11.8. The van der Waals surface area contributed by atoms with Crippen molar-refractivity contribution in [3.05, 3.63) is 18.5 Å². The molecule has 0 saturated carbocycles. The average Bonchev–Trinajstić information content (AvgIpc) is 2.68. The van der Waals surface area contributed by atoms with Gasteiger partial charge in [-0.05, 0) is 54.5 Å². The van der Waals surface area contributed by atoms with Crippen molar-refractivity contribution in [1.29, 1.82) is 0 Å². The molecule has 7 heteroatoms. The molecule has 1 N–H and O–H groups in total. The van der Waals surface area contributed by atoms with Crippen LogP contribution < -0.4 is 10.8 Å². The summed E-state index contributed by atoms with van der Waals surface area (Å²) in [5.41, 5.74) is -0.122. The van der Waals surface area contributed by atoms with Crippen molar-refractivity contribution in [2.75, 3.05) is 5.32 Å². The lowest BCUT2D eigenvalue weighted by molar-refractivity contribution is 0.00578. The molecular weight excluding hydrogens is 319 g/mol. The zero-order valence-electron chi connectivity index (χ0n) is 16.9. The van der Waals surface area contributed by atoms with Gasteiger partial charge in [-0.25, -0.2) is 4.79 Å². The van der Waals surface area contributed by atoms with Crippen LogP contribution in [0, 0.1) is 0 Å². The van der Waals surface area contributed by atoms with E-state index in [4.69, 9.17) is 14.0 Å². The largest absolute Gasteiger partial charge is 0.496 e. The standard InChI is InChI=1S/C16H25BN2O4.C2H6/c1-14(2,3)21-13(20)19-12-8-11(9-18-10-12)17-22-15(4,5)16(6,7)23-17;1-2/h8-10H,1-7H3,(H,19,20);1-2H3. The number of hydrogen-bond acceptors (Lipinski definition) is 5. The summed E-state index contributed by atoms with van der Waals surface area (Å²) in [6.45, 7) is 17.4. The average molecular weight is 350 g/mol. The Bertz CT molecular complexity index is 581. The van der Waals surface area contributed by atoms with Crippen molar-refractivity contribution >= 4 is 24.4 Å². The summed E-state index contributed by atoms with van der Waals surface area (Å²) >= 11 is 0. The van der Waals surface area contributed by atoms with Crippen LogP contribution in [-0.2, 0) is 14.0 Å². The highest BCUT2D eigenvalue weighted by Gasteiger charge is 2.51. The highest BCUT2D eigenvalue weighted by Crippen LogP contribution is 2.36. The molecule has 2 rings (SSSR count). The van der Waals surface area contributed by atoms with Crippen LogP contribution in [-0.4, -0.2) is 35.0 Å². The van der Waals surface area contributed by atoms with Crippen molar-refractivity contribution in [2.45, 2.75) is 79.1 Å². The van der Waals surface area contributed by atoms with E-state index >= 15 is 0 Å². The Morgan fingerprint density at radius 3 is 2.12 bits per heavy atom. The molecule has 1 saturated heterocycles. The second kappa shape index (κ2) is 7.75. The van der Waals surface area contributed by atoms with E-state index in [2.05, 4.69) is 10.3 Å². The number of aromatic nitrogens is 1. The second-order valence-electron chi connectivity index (χ2n) is 7.72. The molecule has 2 heterocycles. The molecule has 1 aromatic rings. The molecule has 1 fully saturated rings. The Labute approximate surface area is 151 Å². The molecule has 0 unspecified atom stereocenters. The zero-order valence-corrected chi connectivity index (χ0v) is 16.9. The molecule has 0 spiro atoms. The van der Waals surface area contributed by atoms with E-state index in [-0.39, 0.29) is 0 Å². The fraction of sp³-hybridized carbons (Fsp3) is 0.667. The van der Waals surface area contributed by atoms with Crippen molar-refractivity contribution in [1.82, 2.24) is 4.98 Å². The number of rotatable bonds is 2. The molecule has 0 atom stereocenters. The first kappa shape index (κ1) is 21.4. The van der Waals surface area contributed by atoms with Crippen molar-refractivity contribution < 1.29 is 18.8 Å².